The Morgan fingerprint density at radius 3 is 1.24 bits per heavy atom. The summed E-state index contributed by atoms with van der Waals surface area (Å²) in [7, 11) is 0. The third kappa shape index (κ3) is 8.25. The number of hydrogen-bond donors (Lipinski definition) is 0. The van der Waals surface area contributed by atoms with Crippen molar-refractivity contribution in [3.05, 3.63) is 373 Å². The Morgan fingerprint density at radius 2 is 0.663 bits per heavy atom. The predicted octanol–water partition coefficient (Wildman–Crippen LogP) is 25.3. The third-order valence-electron chi connectivity index (χ3n) is 21.3. The van der Waals surface area contributed by atoms with Gasteiger partial charge in [0.15, 0.2) is 5.58 Å². The van der Waals surface area contributed by atoms with Gasteiger partial charge in [0, 0.05) is 60.9 Å². The molecule has 4 heterocycles. The van der Waals surface area contributed by atoms with Crippen molar-refractivity contribution in [3.8, 4) is 55.9 Å². The van der Waals surface area contributed by atoms with Crippen LogP contribution in [-0.2, 0) is 0 Å². The van der Waals surface area contributed by atoms with Crippen LogP contribution >= 0.6 is 0 Å². The van der Waals surface area contributed by atoms with Gasteiger partial charge >= 0.3 is 0 Å². The van der Waals surface area contributed by atoms with Gasteiger partial charge in [-0.05, 0) is 190 Å². The lowest BCUT2D eigenvalue weighted by molar-refractivity contribution is 0.669. The summed E-state index contributed by atoms with van der Waals surface area (Å²) in [6.07, 6.45) is 0. The molecule has 16 aromatic carbocycles. The Kier molecular flexibility index (Phi) is 11.9. The molecule has 20 aromatic rings. The minimum Gasteiger partial charge on any atom is -0.456 e. The van der Waals surface area contributed by atoms with Crippen LogP contribution in [0.5, 0.6) is 0 Å². The zero-order valence-corrected chi connectivity index (χ0v) is 53.2. The second-order valence-corrected chi connectivity index (χ2v) is 26.5. The number of rotatable bonds is 6. The minimum absolute atomic E-state index is 0.211. The molecule has 0 bridgehead atoms. The average Bonchev–Trinajstić information content (AvgIpc) is 1.56. The SMILES string of the molecule is c1ccc(-n2c3ccc(-c4ccc5c(c4)-c4ccccc4C5c4ccc5ccccc5c4)cc3c3ccc4c5ccccc5oc4c32)cc1.c1ccc(-n2c3ccc(-c4ccc5c(c4)-c4ccccc4C5c4ccc5ccccc5c4)cc3c3ccc4oc5ccccc5c4c32)cc1. The van der Waals surface area contributed by atoms with E-state index >= 15 is 0 Å². The van der Waals surface area contributed by atoms with Crippen molar-refractivity contribution in [2.24, 2.45) is 0 Å². The number of aromatic nitrogens is 2. The molecule has 4 heteroatoms. The first-order chi connectivity index (χ1) is 48.6. The first-order valence-electron chi connectivity index (χ1n) is 33.9. The summed E-state index contributed by atoms with van der Waals surface area (Å²) in [6, 6.07) is 124. The van der Waals surface area contributed by atoms with Gasteiger partial charge in [0.05, 0.1) is 27.5 Å². The van der Waals surface area contributed by atoms with Crippen molar-refractivity contribution in [3.63, 3.8) is 0 Å². The predicted molar refractivity (Wildman–Crippen MR) is 408 cm³/mol. The number of para-hydroxylation sites is 4. The number of furan rings is 2. The van der Waals surface area contributed by atoms with E-state index in [-0.39, 0.29) is 11.8 Å². The summed E-state index contributed by atoms with van der Waals surface area (Å²) in [4.78, 5) is 0. The van der Waals surface area contributed by atoms with Crippen molar-refractivity contribution < 1.29 is 8.83 Å². The van der Waals surface area contributed by atoms with E-state index in [1.165, 1.54) is 138 Å². The summed E-state index contributed by atoms with van der Waals surface area (Å²) in [5.74, 6) is 0.422. The molecule has 2 aliphatic rings. The molecule has 98 heavy (non-hydrogen) atoms. The molecule has 0 amide bonds. The van der Waals surface area contributed by atoms with Gasteiger partial charge < -0.3 is 18.0 Å². The molecular weight excluding hydrogens is 1190 g/mol. The van der Waals surface area contributed by atoms with E-state index in [4.69, 9.17) is 8.83 Å². The lowest BCUT2D eigenvalue weighted by Crippen LogP contribution is -1.99. The maximum Gasteiger partial charge on any atom is 0.160 e. The van der Waals surface area contributed by atoms with E-state index in [0.717, 1.165) is 60.8 Å². The summed E-state index contributed by atoms with van der Waals surface area (Å²) < 4.78 is 17.7. The Morgan fingerprint density at radius 1 is 0.235 bits per heavy atom. The topological polar surface area (TPSA) is 36.1 Å². The lowest BCUT2D eigenvalue weighted by Gasteiger charge is -2.16. The molecule has 22 rings (SSSR count). The molecule has 2 unspecified atom stereocenters. The summed E-state index contributed by atoms with van der Waals surface area (Å²) in [5, 5.41) is 14.6. The Balaban J connectivity index is 0.000000129. The Hall–Kier alpha value is -12.8. The molecule has 0 saturated carbocycles. The Labute approximate surface area is 564 Å². The van der Waals surface area contributed by atoms with E-state index in [0.29, 0.717) is 0 Å². The normalized spacial score (nSPS) is 13.9. The second-order valence-electron chi connectivity index (χ2n) is 26.5. The largest absolute Gasteiger partial charge is 0.456 e. The van der Waals surface area contributed by atoms with Crippen molar-refractivity contribution in [2.45, 2.75) is 11.8 Å². The number of hydrogen-bond acceptors (Lipinski definition) is 2. The van der Waals surface area contributed by atoms with Gasteiger partial charge in [-0.1, -0.05) is 249 Å². The number of nitrogens with zero attached hydrogens (tertiary/aromatic N) is 2. The lowest BCUT2D eigenvalue weighted by atomic mass is 9.87. The summed E-state index contributed by atoms with van der Waals surface area (Å²) in [5.41, 5.74) is 28.9. The molecule has 4 nitrogen and oxygen atoms in total. The number of fused-ring (bicyclic) bond motifs is 22. The van der Waals surface area contributed by atoms with E-state index in [9.17, 15) is 0 Å². The average molecular weight is 1250 g/mol. The fraction of sp³-hybridized carbons (Fsp3) is 0.0213. The first kappa shape index (κ1) is 54.6. The standard InChI is InChI=1S/2C47H29NO/c1-2-12-34(13-3-1)48-43-25-21-32(28-42(43)39-23-24-40-36-15-8-9-17-44(36)49-47(40)46(39)48)31-20-22-38-41(27-31)35-14-6-7-16-37(35)45(38)33-19-18-29-10-4-5-11-30(29)26-33;1-2-12-34(13-3-1)48-42-24-21-32(28-41(42)38-23-25-44-46(47(38)48)39-16-8-9-17-43(39)49-44)31-20-22-37-40(27-31)35-14-6-7-15-36(35)45(37)33-19-18-29-10-4-5-11-30(29)26-33/h2*1-28,45H. The van der Waals surface area contributed by atoms with Crippen molar-refractivity contribution in [1.82, 2.24) is 9.13 Å². The van der Waals surface area contributed by atoms with Gasteiger partial charge in [-0.2, -0.15) is 0 Å². The van der Waals surface area contributed by atoms with Gasteiger partial charge in [0.25, 0.3) is 0 Å². The quantitative estimate of drug-likeness (QED) is 0.166. The first-order valence-corrected chi connectivity index (χ1v) is 33.9. The number of benzene rings is 16. The molecule has 0 N–H and O–H groups in total. The van der Waals surface area contributed by atoms with Crippen LogP contribution in [0.1, 0.15) is 45.2 Å². The van der Waals surface area contributed by atoms with Gasteiger partial charge in [0.2, 0.25) is 0 Å². The maximum absolute atomic E-state index is 6.61. The van der Waals surface area contributed by atoms with Gasteiger partial charge in [-0.15, -0.1) is 0 Å². The second kappa shape index (κ2) is 21.4. The molecule has 2 atom stereocenters. The van der Waals surface area contributed by atoms with E-state index in [1.807, 2.05) is 12.1 Å². The van der Waals surface area contributed by atoms with Gasteiger partial charge in [0.1, 0.15) is 16.7 Å². The van der Waals surface area contributed by atoms with Gasteiger partial charge in [-0.25, -0.2) is 0 Å². The van der Waals surface area contributed by atoms with E-state index < -0.39 is 0 Å². The van der Waals surface area contributed by atoms with Crippen LogP contribution in [0.3, 0.4) is 0 Å². The van der Waals surface area contributed by atoms with Crippen LogP contribution in [0, 0.1) is 0 Å². The zero-order chi connectivity index (χ0) is 64.1. The summed E-state index contributed by atoms with van der Waals surface area (Å²) >= 11 is 0. The summed E-state index contributed by atoms with van der Waals surface area (Å²) in [6.45, 7) is 0. The molecule has 4 aromatic heterocycles. The fourth-order valence-corrected chi connectivity index (χ4v) is 16.9. The molecule has 0 saturated heterocycles. The van der Waals surface area contributed by atoms with Crippen LogP contribution in [0.2, 0.25) is 0 Å². The van der Waals surface area contributed by atoms with Crippen LogP contribution in [0.4, 0.5) is 0 Å². The fourth-order valence-electron chi connectivity index (χ4n) is 16.9. The van der Waals surface area contributed by atoms with Crippen LogP contribution in [0.15, 0.2) is 349 Å². The van der Waals surface area contributed by atoms with E-state index in [1.54, 1.807) is 0 Å². The van der Waals surface area contributed by atoms with Crippen LogP contribution in [0.25, 0.3) is 165 Å². The van der Waals surface area contributed by atoms with Crippen LogP contribution in [-0.4, -0.2) is 9.13 Å². The Bertz CT molecular complexity index is 6690. The van der Waals surface area contributed by atoms with Crippen molar-refractivity contribution in [1.29, 1.82) is 0 Å². The monoisotopic (exact) mass is 1250 g/mol. The molecule has 0 spiro atoms. The highest BCUT2D eigenvalue weighted by molar-refractivity contribution is 6.25. The molecule has 0 aliphatic heterocycles. The minimum atomic E-state index is 0.211. The highest BCUT2D eigenvalue weighted by atomic mass is 16.3. The highest BCUT2D eigenvalue weighted by Gasteiger charge is 2.33. The van der Waals surface area contributed by atoms with Crippen molar-refractivity contribution in [2.75, 3.05) is 0 Å². The molecule has 0 radical (unpaired) electrons. The zero-order valence-electron chi connectivity index (χ0n) is 53.2. The smallest absolute Gasteiger partial charge is 0.160 e. The molecular formula is C94H58N2O2. The molecule has 456 valence electrons. The molecule has 2 aliphatic carbocycles. The van der Waals surface area contributed by atoms with Crippen molar-refractivity contribution >= 4 is 109 Å². The highest BCUT2D eigenvalue weighted by Crippen LogP contribution is 2.53. The maximum atomic E-state index is 6.61. The van der Waals surface area contributed by atoms with Gasteiger partial charge in [-0.3, -0.25) is 0 Å². The molecule has 0 fully saturated rings. The third-order valence-corrected chi connectivity index (χ3v) is 21.3. The van der Waals surface area contributed by atoms with E-state index in [2.05, 4.69) is 337 Å². The van der Waals surface area contributed by atoms with Crippen LogP contribution < -0.4 is 0 Å².